The zero-order valence-corrected chi connectivity index (χ0v) is 10.7. The molecule has 0 heterocycles. The molecule has 1 nitrogen and oxygen atoms in total. The number of ether oxygens (including phenoxy) is 1. The van der Waals surface area contributed by atoms with Crippen molar-refractivity contribution in [1.82, 2.24) is 0 Å². The Labute approximate surface area is 88.7 Å². The molecule has 0 bridgehead atoms. The van der Waals surface area contributed by atoms with Gasteiger partial charge in [0.05, 0.1) is 12.2 Å². The molecule has 0 rings (SSSR count). The van der Waals surface area contributed by atoms with Crippen LogP contribution >= 0.6 is 12.6 Å². The predicted molar refractivity (Wildman–Crippen MR) is 62.5 cm³/mol. The second kappa shape index (κ2) is 4.70. The second-order valence-electron chi connectivity index (χ2n) is 5.67. The largest absolute Gasteiger partial charge is 0.376 e. The molecule has 0 aliphatic heterocycles. The van der Waals surface area contributed by atoms with Crippen molar-refractivity contribution in [2.45, 2.75) is 47.1 Å². The van der Waals surface area contributed by atoms with Gasteiger partial charge in [0.15, 0.2) is 0 Å². The number of rotatable bonds is 3. The van der Waals surface area contributed by atoms with Crippen molar-refractivity contribution in [2.24, 2.45) is 11.3 Å². The molecule has 0 saturated carbocycles. The van der Waals surface area contributed by atoms with Crippen LogP contribution in [0.4, 0.5) is 0 Å². The van der Waals surface area contributed by atoms with Crippen LogP contribution in [-0.4, -0.2) is 18.0 Å². The summed E-state index contributed by atoms with van der Waals surface area (Å²) in [6.07, 6.45) is 0. The lowest BCUT2D eigenvalue weighted by Gasteiger charge is -2.32. The van der Waals surface area contributed by atoms with Crippen molar-refractivity contribution in [3.05, 3.63) is 0 Å². The molecule has 0 N–H and O–H groups in total. The molecule has 13 heavy (non-hydrogen) atoms. The van der Waals surface area contributed by atoms with Crippen molar-refractivity contribution in [2.75, 3.05) is 12.4 Å². The highest BCUT2D eigenvalue weighted by atomic mass is 32.1. The Hall–Kier alpha value is 0.310. The van der Waals surface area contributed by atoms with Crippen LogP contribution in [0.25, 0.3) is 0 Å². The SMILES string of the molecule is CC(C)(C)OCC(CS)C(C)(C)C. The number of thiol groups is 1. The third kappa shape index (κ3) is 6.39. The summed E-state index contributed by atoms with van der Waals surface area (Å²) in [6.45, 7) is 13.8. The van der Waals surface area contributed by atoms with Crippen LogP contribution in [0.3, 0.4) is 0 Å². The molecule has 0 amide bonds. The normalized spacial score (nSPS) is 15.9. The summed E-state index contributed by atoms with van der Waals surface area (Å²) < 4.78 is 5.76. The Bertz CT molecular complexity index is 141. The van der Waals surface area contributed by atoms with Gasteiger partial charge in [0.1, 0.15) is 0 Å². The van der Waals surface area contributed by atoms with E-state index in [1.54, 1.807) is 0 Å². The Balaban J connectivity index is 4.02. The minimum atomic E-state index is -0.0353. The van der Waals surface area contributed by atoms with Gasteiger partial charge in [0.25, 0.3) is 0 Å². The maximum Gasteiger partial charge on any atom is 0.0598 e. The fourth-order valence-electron chi connectivity index (χ4n) is 0.927. The van der Waals surface area contributed by atoms with Gasteiger partial charge >= 0.3 is 0 Å². The molecular formula is C11H24OS. The summed E-state index contributed by atoms with van der Waals surface area (Å²) in [7, 11) is 0. The van der Waals surface area contributed by atoms with Crippen LogP contribution in [0, 0.1) is 11.3 Å². The third-order valence-corrected chi connectivity index (χ3v) is 2.60. The van der Waals surface area contributed by atoms with E-state index in [2.05, 4.69) is 54.2 Å². The minimum absolute atomic E-state index is 0.0353. The van der Waals surface area contributed by atoms with Crippen LogP contribution < -0.4 is 0 Å². The van der Waals surface area contributed by atoms with E-state index < -0.39 is 0 Å². The highest BCUT2D eigenvalue weighted by molar-refractivity contribution is 7.80. The Morgan fingerprint density at radius 3 is 1.77 bits per heavy atom. The van der Waals surface area contributed by atoms with Gasteiger partial charge in [0, 0.05) is 0 Å². The fraction of sp³-hybridized carbons (Fsp3) is 1.00. The molecule has 1 atom stereocenters. The van der Waals surface area contributed by atoms with Crippen LogP contribution in [-0.2, 0) is 4.74 Å². The summed E-state index contributed by atoms with van der Waals surface area (Å²) >= 11 is 4.36. The molecule has 0 aromatic rings. The van der Waals surface area contributed by atoms with Crippen molar-refractivity contribution < 1.29 is 4.74 Å². The number of hydrogen-bond donors (Lipinski definition) is 1. The van der Waals surface area contributed by atoms with Crippen LogP contribution in [0.15, 0.2) is 0 Å². The zero-order valence-electron chi connectivity index (χ0n) is 9.85. The van der Waals surface area contributed by atoms with Crippen LogP contribution in [0.1, 0.15) is 41.5 Å². The van der Waals surface area contributed by atoms with Gasteiger partial charge in [-0.1, -0.05) is 20.8 Å². The van der Waals surface area contributed by atoms with Crippen molar-refractivity contribution in [3.8, 4) is 0 Å². The Kier molecular flexibility index (Phi) is 4.81. The lowest BCUT2D eigenvalue weighted by molar-refractivity contribution is -0.0359. The molecule has 2 heteroatoms. The van der Waals surface area contributed by atoms with Gasteiger partial charge in [-0.15, -0.1) is 0 Å². The van der Waals surface area contributed by atoms with E-state index >= 15 is 0 Å². The predicted octanol–water partition coefficient (Wildman–Crippen LogP) is 3.39. The summed E-state index contributed by atoms with van der Waals surface area (Å²) in [5.41, 5.74) is 0.249. The topological polar surface area (TPSA) is 9.23 Å². The molecule has 1 unspecified atom stereocenters. The molecule has 80 valence electrons. The quantitative estimate of drug-likeness (QED) is 0.693. The number of hydrogen-bond acceptors (Lipinski definition) is 2. The highest BCUT2D eigenvalue weighted by Gasteiger charge is 2.25. The summed E-state index contributed by atoms with van der Waals surface area (Å²) in [4.78, 5) is 0. The lowest BCUT2D eigenvalue weighted by atomic mass is 9.82. The highest BCUT2D eigenvalue weighted by Crippen LogP contribution is 2.28. The molecule has 0 aliphatic carbocycles. The molecule has 0 spiro atoms. The van der Waals surface area contributed by atoms with E-state index in [0.717, 1.165) is 12.4 Å². The van der Waals surface area contributed by atoms with Crippen LogP contribution in [0.5, 0.6) is 0 Å². The van der Waals surface area contributed by atoms with E-state index in [4.69, 9.17) is 4.74 Å². The van der Waals surface area contributed by atoms with E-state index in [1.165, 1.54) is 0 Å². The van der Waals surface area contributed by atoms with E-state index in [1.807, 2.05) is 0 Å². The monoisotopic (exact) mass is 204 g/mol. The average Bonchev–Trinajstić information content (AvgIpc) is 1.82. The Morgan fingerprint density at radius 1 is 1.08 bits per heavy atom. The first-order valence-electron chi connectivity index (χ1n) is 4.91. The molecule has 0 fully saturated rings. The smallest absolute Gasteiger partial charge is 0.0598 e. The standard InChI is InChI=1S/C11H24OS/c1-10(2,3)9(8-13)7-12-11(4,5)6/h9,13H,7-8H2,1-6H3. The van der Waals surface area contributed by atoms with E-state index in [-0.39, 0.29) is 11.0 Å². The summed E-state index contributed by atoms with van der Waals surface area (Å²) in [6, 6.07) is 0. The molecule has 0 aliphatic rings. The summed E-state index contributed by atoms with van der Waals surface area (Å²) in [5.74, 6) is 1.41. The van der Waals surface area contributed by atoms with Crippen molar-refractivity contribution in [3.63, 3.8) is 0 Å². The first kappa shape index (κ1) is 13.3. The minimum Gasteiger partial charge on any atom is -0.376 e. The second-order valence-corrected chi connectivity index (χ2v) is 6.03. The molecule has 0 aromatic heterocycles. The molecule has 0 radical (unpaired) electrons. The third-order valence-electron chi connectivity index (χ3n) is 2.16. The van der Waals surface area contributed by atoms with Crippen molar-refractivity contribution >= 4 is 12.6 Å². The first-order valence-corrected chi connectivity index (χ1v) is 5.55. The van der Waals surface area contributed by atoms with E-state index in [0.29, 0.717) is 5.92 Å². The maximum absolute atomic E-state index is 5.76. The van der Waals surface area contributed by atoms with Crippen molar-refractivity contribution in [1.29, 1.82) is 0 Å². The fourth-order valence-corrected chi connectivity index (χ4v) is 1.58. The van der Waals surface area contributed by atoms with Gasteiger partial charge in [-0.2, -0.15) is 12.6 Å². The van der Waals surface area contributed by atoms with E-state index in [9.17, 15) is 0 Å². The Morgan fingerprint density at radius 2 is 1.54 bits per heavy atom. The zero-order chi connectivity index (χ0) is 10.7. The summed E-state index contributed by atoms with van der Waals surface area (Å²) in [5, 5.41) is 0. The molecule has 0 saturated heterocycles. The first-order chi connectivity index (χ1) is 5.67. The van der Waals surface area contributed by atoms with Gasteiger partial charge in [-0.3, -0.25) is 0 Å². The van der Waals surface area contributed by atoms with Gasteiger partial charge in [0.2, 0.25) is 0 Å². The lowest BCUT2D eigenvalue weighted by Crippen LogP contribution is -2.31. The maximum atomic E-state index is 5.76. The van der Waals surface area contributed by atoms with Crippen LogP contribution in [0.2, 0.25) is 0 Å². The van der Waals surface area contributed by atoms with Gasteiger partial charge in [-0.05, 0) is 37.9 Å². The molecular weight excluding hydrogens is 180 g/mol. The van der Waals surface area contributed by atoms with Gasteiger partial charge < -0.3 is 4.74 Å². The molecule has 0 aromatic carbocycles. The van der Waals surface area contributed by atoms with Gasteiger partial charge in [-0.25, -0.2) is 0 Å². The average molecular weight is 204 g/mol.